The third-order valence-electron chi connectivity index (χ3n) is 2.97. The zero-order valence-corrected chi connectivity index (χ0v) is 12.7. The molecule has 0 aliphatic heterocycles. The Hall–Kier alpha value is -1.75. The van der Waals surface area contributed by atoms with Crippen LogP contribution in [0.2, 0.25) is 0 Å². The minimum Gasteiger partial charge on any atom is -0.393 e. The molecule has 2 N–H and O–H groups in total. The molecule has 0 unspecified atom stereocenters. The Labute approximate surface area is 125 Å². The third-order valence-corrected chi connectivity index (χ3v) is 3.18. The average molecular weight is 288 g/mol. The van der Waals surface area contributed by atoms with E-state index in [1.165, 1.54) is 0 Å². The lowest BCUT2D eigenvalue weighted by Crippen LogP contribution is -2.31. The van der Waals surface area contributed by atoms with Gasteiger partial charge in [-0.3, -0.25) is 4.98 Å². The van der Waals surface area contributed by atoms with E-state index in [0.717, 1.165) is 29.9 Å². The fraction of sp³-hybridized carbons (Fsp3) is 0.400. The number of benzene rings is 1. The number of nitrogens with two attached hydrogens (primary N) is 1. The first kappa shape index (κ1) is 14.7. The molecule has 1 aromatic carbocycles. The number of thiocarbonyl (C=S) groups is 1. The molecule has 0 atom stereocenters. The van der Waals surface area contributed by atoms with Crippen molar-refractivity contribution in [3.05, 3.63) is 30.5 Å². The van der Waals surface area contributed by atoms with E-state index in [1.54, 1.807) is 0 Å². The third kappa shape index (κ3) is 3.87. The molecule has 20 heavy (non-hydrogen) atoms. The van der Waals surface area contributed by atoms with Gasteiger partial charge < -0.3 is 10.6 Å². The summed E-state index contributed by atoms with van der Waals surface area (Å²) >= 11 is 4.97. The number of rotatable bonds is 6. The lowest BCUT2D eigenvalue weighted by molar-refractivity contribution is 0.609. The summed E-state index contributed by atoms with van der Waals surface area (Å²) in [6.07, 6.45) is 2.51. The van der Waals surface area contributed by atoms with E-state index in [1.807, 2.05) is 30.5 Å². The van der Waals surface area contributed by atoms with E-state index >= 15 is 0 Å². The van der Waals surface area contributed by atoms with Crippen molar-refractivity contribution in [3.63, 3.8) is 0 Å². The highest BCUT2D eigenvalue weighted by molar-refractivity contribution is 7.80. The molecule has 4 nitrogen and oxygen atoms in total. The van der Waals surface area contributed by atoms with Crippen molar-refractivity contribution in [2.75, 3.05) is 18.0 Å². The van der Waals surface area contributed by atoms with Gasteiger partial charge in [0.25, 0.3) is 0 Å². The van der Waals surface area contributed by atoms with Gasteiger partial charge in [-0.25, -0.2) is 4.98 Å². The van der Waals surface area contributed by atoms with Crippen molar-refractivity contribution in [2.24, 2.45) is 11.7 Å². The van der Waals surface area contributed by atoms with E-state index in [9.17, 15) is 0 Å². The van der Waals surface area contributed by atoms with Gasteiger partial charge in [0.05, 0.1) is 22.2 Å². The van der Waals surface area contributed by atoms with E-state index in [4.69, 9.17) is 18.0 Å². The van der Waals surface area contributed by atoms with Gasteiger partial charge in [-0.2, -0.15) is 0 Å². The zero-order valence-electron chi connectivity index (χ0n) is 11.9. The fourth-order valence-electron chi connectivity index (χ4n) is 2.09. The van der Waals surface area contributed by atoms with E-state index in [-0.39, 0.29) is 0 Å². The van der Waals surface area contributed by atoms with E-state index in [0.29, 0.717) is 17.3 Å². The molecule has 0 saturated heterocycles. The van der Waals surface area contributed by atoms with Crippen LogP contribution >= 0.6 is 12.2 Å². The summed E-state index contributed by atoms with van der Waals surface area (Å²) in [7, 11) is 0. The number of hydrogen-bond donors (Lipinski definition) is 1. The largest absolute Gasteiger partial charge is 0.393 e. The maximum atomic E-state index is 5.61. The maximum absolute atomic E-state index is 5.61. The number of nitrogens with zero attached hydrogens (tertiary/aromatic N) is 3. The number of aromatic nitrogens is 2. The van der Waals surface area contributed by atoms with Crippen LogP contribution in [0.4, 0.5) is 5.82 Å². The molecule has 1 aromatic heterocycles. The second kappa shape index (κ2) is 6.61. The zero-order chi connectivity index (χ0) is 14.5. The molecule has 1 heterocycles. The Bertz CT molecular complexity index is 597. The quantitative estimate of drug-likeness (QED) is 0.828. The number of para-hydroxylation sites is 2. The Balaban J connectivity index is 2.26. The summed E-state index contributed by atoms with van der Waals surface area (Å²) in [5.74, 6) is 1.42. The standard InChI is InChI=1S/C15H20N4S/c1-11(2)10-19(8-7-14(16)20)15-9-17-12-5-3-4-6-13(12)18-15/h3-6,9,11H,7-8,10H2,1-2H3,(H2,16,20). The van der Waals surface area contributed by atoms with Crippen LogP contribution in [0.5, 0.6) is 0 Å². The van der Waals surface area contributed by atoms with Crippen molar-refractivity contribution < 1.29 is 0 Å². The van der Waals surface area contributed by atoms with Crippen molar-refractivity contribution in [1.29, 1.82) is 0 Å². The molecular formula is C15H20N4S. The van der Waals surface area contributed by atoms with Crippen LogP contribution in [0.1, 0.15) is 20.3 Å². The van der Waals surface area contributed by atoms with Gasteiger partial charge in [0, 0.05) is 19.5 Å². The first-order valence-corrected chi connectivity index (χ1v) is 7.22. The molecule has 0 fully saturated rings. The Morgan fingerprint density at radius 1 is 1.30 bits per heavy atom. The molecule has 106 valence electrons. The number of fused-ring (bicyclic) bond motifs is 1. The van der Waals surface area contributed by atoms with Crippen LogP contribution in [0.25, 0.3) is 11.0 Å². The predicted octanol–water partition coefficient (Wildman–Crippen LogP) is 2.77. The van der Waals surface area contributed by atoms with Crippen LogP contribution in [0.15, 0.2) is 30.5 Å². The van der Waals surface area contributed by atoms with Gasteiger partial charge >= 0.3 is 0 Å². The average Bonchev–Trinajstić information content (AvgIpc) is 2.42. The fourth-order valence-corrected chi connectivity index (χ4v) is 2.18. The molecule has 0 saturated carbocycles. The SMILES string of the molecule is CC(C)CN(CCC(N)=S)c1cnc2ccccc2n1. The summed E-state index contributed by atoms with van der Waals surface area (Å²) in [4.78, 5) is 11.9. The molecular weight excluding hydrogens is 268 g/mol. The maximum Gasteiger partial charge on any atom is 0.147 e. The Morgan fingerprint density at radius 2 is 2.00 bits per heavy atom. The summed E-state index contributed by atoms with van der Waals surface area (Å²) in [6.45, 7) is 6.06. The summed E-state index contributed by atoms with van der Waals surface area (Å²) in [5, 5.41) is 0. The van der Waals surface area contributed by atoms with E-state index in [2.05, 4.69) is 28.7 Å². The van der Waals surface area contributed by atoms with Gasteiger partial charge in [-0.1, -0.05) is 38.2 Å². The van der Waals surface area contributed by atoms with Crippen molar-refractivity contribution in [2.45, 2.75) is 20.3 Å². The Kier molecular flexibility index (Phi) is 4.84. The lowest BCUT2D eigenvalue weighted by Gasteiger charge is -2.25. The molecule has 5 heteroatoms. The van der Waals surface area contributed by atoms with Gasteiger partial charge in [0.2, 0.25) is 0 Å². The highest BCUT2D eigenvalue weighted by atomic mass is 32.1. The minimum atomic E-state index is 0.535. The van der Waals surface area contributed by atoms with Crippen molar-refractivity contribution >= 4 is 34.1 Å². The topological polar surface area (TPSA) is 55.0 Å². The van der Waals surface area contributed by atoms with Crippen LogP contribution < -0.4 is 10.6 Å². The van der Waals surface area contributed by atoms with Gasteiger partial charge in [-0.15, -0.1) is 0 Å². The minimum absolute atomic E-state index is 0.535. The van der Waals surface area contributed by atoms with Crippen LogP contribution in [0, 0.1) is 5.92 Å². The van der Waals surface area contributed by atoms with Gasteiger partial charge in [-0.05, 0) is 18.1 Å². The smallest absolute Gasteiger partial charge is 0.147 e. The molecule has 0 radical (unpaired) electrons. The molecule has 0 bridgehead atoms. The molecule has 2 aromatic rings. The van der Waals surface area contributed by atoms with Crippen LogP contribution in [-0.4, -0.2) is 28.0 Å². The van der Waals surface area contributed by atoms with Crippen LogP contribution in [-0.2, 0) is 0 Å². The van der Waals surface area contributed by atoms with E-state index < -0.39 is 0 Å². The first-order valence-electron chi connectivity index (χ1n) is 6.81. The molecule has 0 aliphatic rings. The molecule has 0 aliphatic carbocycles. The Morgan fingerprint density at radius 3 is 2.65 bits per heavy atom. The summed E-state index contributed by atoms with van der Waals surface area (Å²) in [6, 6.07) is 7.89. The van der Waals surface area contributed by atoms with Crippen molar-refractivity contribution in [3.8, 4) is 0 Å². The molecule has 2 rings (SSSR count). The molecule has 0 amide bonds. The highest BCUT2D eigenvalue weighted by Crippen LogP contribution is 2.16. The summed E-state index contributed by atoms with van der Waals surface area (Å²) < 4.78 is 0. The summed E-state index contributed by atoms with van der Waals surface area (Å²) in [5.41, 5.74) is 7.43. The normalized spacial score (nSPS) is 10.9. The highest BCUT2D eigenvalue weighted by Gasteiger charge is 2.11. The predicted molar refractivity (Wildman–Crippen MR) is 88.0 cm³/mol. The molecule has 0 spiro atoms. The monoisotopic (exact) mass is 288 g/mol. The first-order chi connectivity index (χ1) is 9.56. The second-order valence-corrected chi connectivity index (χ2v) is 5.80. The van der Waals surface area contributed by atoms with Gasteiger partial charge in [0.15, 0.2) is 0 Å². The number of anilines is 1. The van der Waals surface area contributed by atoms with Crippen molar-refractivity contribution in [1.82, 2.24) is 9.97 Å². The lowest BCUT2D eigenvalue weighted by atomic mass is 10.2. The number of hydrogen-bond acceptors (Lipinski definition) is 4. The van der Waals surface area contributed by atoms with Crippen LogP contribution in [0.3, 0.4) is 0 Å². The second-order valence-electron chi connectivity index (χ2n) is 5.27. The van der Waals surface area contributed by atoms with Gasteiger partial charge in [0.1, 0.15) is 5.82 Å².